The third kappa shape index (κ3) is 4.96. The highest BCUT2D eigenvalue weighted by molar-refractivity contribution is 5.84. The molecule has 142 valence electrons. The molecule has 0 saturated carbocycles. The van der Waals surface area contributed by atoms with Gasteiger partial charge in [-0.2, -0.15) is 0 Å². The summed E-state index contributed by atoms with van der Waals surface area (Å²) in [5, 5.41) is 18.6. The van der Waals surface area contributed by atoms with Crippen LogP contribution in [0.1, 0.15) is 37.7 Å². The number of amides is 1. The normalized spacial score (nSPS) is 12.9. The zero-order chi connectivity index (χ0) is 19.3. The summed E-state index contributed by atoms with van der Waals surface area (Å²) >= 11 is 0. The van der Waals surface area contributed by atoms with E-state index in [9.17, 15) is 9.90 Å². The highest BCUT2D eigenvalue weighted by Crippen LogP contribution is 2.26. The molecule has 0 fully saturated rings. The zero-order valence-corrected chi connectivity index (χ0v) is 15.7. The van der Waals surface area contributed by atoms with Crippen LogP contribution < -0.4 is 10.6 Å². The second kappa shape index (κ2) is 8.37. The van der Waals surface area contributed by atoms with Gasteiger partial charge in [-0.05, 0) is 44.4 Å². The van der Waals surface area contributed by atoms with Crippen LogP contribution in [0.4, 0.5) is 5.69 Å². The molecule has 0 spiro atoms. The molecule has 1 heterocycles. The highest BCUT2D eigenvalue weighted by Gasteiger charge is 2.21. The Labute approximate surface area is 159 Å². The number of aliphatic hydroxyl groups excluding tert-OH is 1. The minimum atomic E-state index is -0.696. The average molecular weight is 366 g/mol. The van der Waals surface area contributed by atoms with Gasteiger partial charge < -0.3 is 20.2 Å². The van der Waals surface area contributed by atoms with E-state index in [0.717, 1.165) is 29.3 Å². The molecule has 0 aliphatic heterocycles. The number of furan rings is 1. The van der Waals surface area contributed by atoms with Gasteiger partial charge in [-0.25, -0.2) is 0 Å². The van der Waals surface area contributed by atoms with Gasteiger partial charge >= 0.3 is 0 Å². The summed E-state index contributed by atoms with van der Waals surface area (Å²) in [4.78, 5) is 10.5. The Bertz CT molecular complexity index is 884. The lowest BCUT2D eigenvalue weighted by atomic mass is 9.95. The minimum Gasteiger partial charge on any atom is -0.465 e. The Morgan fingerprint density at radius 3 is 2.63 bits per heavy atom. The van der Waals surface area contributed by atoms with E-state index in [-0.39, 0.29) is 5.54 Å². The first-order chi connectivity index (χ1) is 13.0. The highest BCUT2D eigenvalue weighted by atomic mass is 16.4. The third-order valence-electron chi connectivity index (χ3n) is 4.83. The average Bonchev–Trinajstić information content (AvgIpc) is 3.10. The Hall–Kier alpha value is -2.63. The Morgan fingerprint density at radius 1 is 1.15 bits per heavy atom. The molecular formula is C22H26N2O3. The topological polar surface area (TPSA) is 74.5 Å². The van der Waals surface area contributed by atoms with Gasteiger partial charge in [0.15, 0.2) is 0 Å². The fourth-order valence-corrected chi connectivity index (χ4v) is 3.12. The predicted octanol–water partition coefficient (Wildman–Crippen LogP) is 4.04. The van der Waals surface area contributed by atoms with Crippen LogP contribution in [0.25, 0.3) is 10.8 Å². The van der Waals surface area contributed by atoms with Crippen LogP contribution in [-0.2, 0) is 11.2 Å². The van der Waals surface area contributed by atoms with Gasteiger partial charge in [0.25, 0.3) is 0 Å². The number of benzene rings is 2. The van der Waals surface area contributed by atoms with Crippen molar-refractivity contribution in [1.29, 1.82) is 0 Å². The van der Waals surface area contributed by atoms with E-state index < -0.39 is 6.10 Å². The SMILES string of the molecule is CC(C)(CCc1ccc(NC=O)cc1)NCC(O)c1occ2ccccc12. The van der Waals surface area contributed by atoms with Crippen LogP contribution in [0.5, 0.6) is 0 Å². The molecule has 3 aromatic rings. The largest absolute Gasteiger partial charge is 0.465 e. The van der Waals surface area contributed by atoms with Crippen molar-refractivity contribution >= 4 is 22.9 Å². The van der Waals surface area contributed by atoms with Gasteiger partial charge in [0, 0.05) is 28.5 Å². The van der Waals surface area contributed by atoms with Gasteiger partial charge in [0.2, 0.25) is 6.41 Å². The monoisotopic (exact) mass is 366 g/mol. The van der Waals surface area contributed by atoms with E-state index in [4.69, 9.17) is 4.42 Å². The number of fused-ring (bicyclic) bond motifs is 1. The van der Waals surface area contributed by atoms with Crippen LogP contribution in [0.3, 0.4) is 0 Å². The lowest BCUT2D eigenvalue weighted by Crippen LogP contribution is -2.41. The number of carbonyl (C=O) groups is 1. The number of rotatable bonds is 9. The number of hydrogen-bond donors (Lipinski definition) is 3. The standard InChI is InChI=1S/C22H26N2O3/c1-22(2,12-11-16-7-9-18(10-8-16)23-15-25)24-13-20(26)21-19-6-4-3-5-17(19)14-27-21/h3-10,14-15,20,24,26H,11-13H2,1-2H3,(H,23,25). The van der Waals surface area contributed by atoms with Crippen molar-refractivity contribution in [2.75, 3.05) is 11.9 Å². The number of β-amino-alcohol motifs (C(OH)–C–C–N with tert-alkyl or cyclic N) is 1. The minimum absolute atomic E-state index is 0.136. The van der Waals surface area contributed by atoms with Crippen LogP contribution in [0.2, 0.25) is 0 Å². The number of carbonyl (C=O) groups excluding carboxylic acids is 1. The van der Waals surface area contributed by atoms with E-state index in [1.165, 1.54) is 5.56 Å². The first-order valence-corrected chi connectivity index (χ1v) is 9.17. The molecule has 1 unspecified atom stereocenters. The van der Waals surface area contributed by atoms with Gasteiger partial charge in [0.1, 0.15) is 11.9 Å². The number of hydrogen-bond acceptors (Lipinski definition) is 4. The Morgan fingerprint density at radius 2 is 1.89 bits per heavy atom. The van der Waals surface area contributed by atoms with Crippen molar-refractivity contribution in [2.45, 2.75) is 38.3 Å². The molecule has 3 N–H and O–H groups in total. The van der Waals surface area contributed by atoms with Crippen molar-refractivity contribution in [3.05, 3.63) is 66.1 Å². The molecular weight excluding hydrogens is 340 g/mol. The number of anilines is 1. The van der Waals surface area contributed by atoms with E-state index in [0.29, 0.717) is 18.7 Å². The fourth-order valence-electron chi connectivity index (χ4n) is 3.12. The summed E-state index contributed by atoms with van der Waals surface area (Å²) in [6.07, 6.45) is 3.48. The summed E-state index contributed by atoms with van der Waals surface area (Å²) in [7, 11) is 0. The maximum atomic E-state index is 10.5. The molecule has 5 nitrogen and oxygen atoms in total. The Balaban J connectivity index is 1.53. The van der Waals surface area contributed by atoms with E-state index in [2.05, 4.69) is 24.5 Å². The van der Waals surface area contributed by atoms with Gasteiger partial charge in [0.05, 0.1) is 6.26 Å². The quantitative estimate of drug-likeness (QED) is 0.500. The van der Waals surface area contributed by atoms with Crippen LogP contribution >= 0.6 is 0 Å². The second-order valence-electron chi connectivity index (χ2n) is 7.43. The molecule has 2 aromatic carbocycles. The maximum absolute atomic E-state index is 10.5. The summed E-state index contributed by atoms with van der Waals surface area (Å²) in [6.45, 7) is 4.68. The van der Waals surface area contributed by atoms with Crippen molar-refractivity contribution in [1.82, 2.24) is 5.32 Å². The first-order valence-electron chi connectivity index (χ1n) is 9.17. The molecule has 1 atom stereocenters. The van der Waals surface area contributed by atoms with Gasteiger partial charge in [-0.15, -0.1) is 0 Å². The summed E-state index contributed by atoms with van der Waals surface area (Å²) in [6, 6.07) is 15.7. The maximum Gasteiger partial charge on any atom is 0.211 e. The molecule has 0 aliphatic rings. The molecule has 0 aliphatic carbocycles. The summed E-state index contributed by atoms with van der Waals surface area (Å²) in [5.74, 6) is 0.604. The van der Waals surface area contributed by atoms with Crippen molar-refractivity contribution in [3.8, 4) is 0 Å². The molecule has 1 aromatic heterocycles. The third-order valence-corrected chi connectivity index (χ3v) is 4.83. The number of aliphatic hydroxyl groups is 1. The molecule has 3 rings (SSSR count). The van der Waals surface area contributed by atoms with E-state index in [1.54, 1.807) is 6.26 Å². The molecule has 0 saturated heterocycles. The predicted molar refractivity (Wildman–Crippen MR) is 108 cm³/mol. The Kier molecular flexibility index (Phi) is 5.94. The second-order valence-corrected chi connectivity index (χ2v) is 7.43. The summed E-state index contributed by atoms with van der Waals surface area (Å²) in [5.41, 5.74) is 1.86. The van der Waals surface area contributed by atoms with Crippen molar-refractivity contribution in [2.24, 2.45) is 0 Å². The molecule has 0 radical (unpaired) electrons. The lowest BCUT2D eigenvalue weighted by molar-refractivity contribution is -0.105. The molecule has 27 heavy (non-hydrogen) atoms. The van der Waals surface area contributed by atoms with Gasteiger partial charge in [-0.1, -0.05) is 36.4 Å². The van der Waals surface area contributed by atoms with E-state index in [1.807, 2.05) is 48.5 Å². The molecule has 5 heteroatoms. The van der Waals surface area contributed by atoms with Crippen LogP contribution in [-0.4, -0.2) is 23.6 Å². The lowest BCUT2D eigenvalue weighted by Gasteiger charge is -2.27. The zero-order valence-electron chi connectivity index (χ0n) is 15.7. The van der Waals surface area contributed by atoms with Crippen LogP contribution in [0.15, 0.2) is 59.2 Å². The number of aryl methyl sites for hydroxylation is 1. The fraction of sp³-hybridized carbons (Fsp3) is 0.318. The van der Waals surface area contributed by atoms with Crippen LogP contribution in [0, 0.1) is 0 Å². The van der Waals surface area contributed by atoms with Crippen molar-refractivity contribution in [3.63, 3.8) is 0 Å². The smallest absolute Gasteiger partial charge is 0.211 e. The summed E-state index contributed by atoms with van der Waals surface area (Å²) < 4.78 is 5.58. The van der Waals surface area contributed by atoms with E-state index >= 15 is 0 Å². The number of nitrogens with one attached hydrogen (secondary N) is 2. The van der Waals surface area contributed by atoms with Crippen molar-refractivity contribution < 1.29 is 14.3 Å². The first kappa shape index (κ1) is 19.1. The molecule has 0 bridgehead atoms. The van der Waals surface area contributed by atoms with Gasteiger partial charge in [-0.3, -0.25) is 4.79 Å². The molecule has 1 amide bonds.